The quantitative estimate of drug-likeness (QED) is 0.945. The Bertz CT molecular complexity index is 589. The summed E-state index contributed by atoms with van der Waals surface area (Å²) in [5.41, 5.74) is 10.9. The van der Waals surface area contributed by atoms with Crippen molar-refractivity contribution in [2.45, 2.75) is 32.1 Å². The van der Waals surface area contributed by atoms with Crippen LogP contribution >= 0.6 is 15.9 Å². The largest absolute Gasteiger partial charge is 0.330 e. The van der Waals surface area contributed by atoms with Crippen molar-refractivity contribution in [3.05, 3.63) is 46.0 Å². The van der Waals surface area contributed by atoms with Gasteiger partial charge in [-0.3, -0.25) is 0 Å². The lowest BCUT2D eigenvalue weighted by molar-refractivity contribution is 0.655. The molecule has 0 fully saturated rings. The first kappa shape index (κ1) is 12.9. The van der Waals surface area contributed by atoms with Gasteiger partial charge >= 0.3 is 0 Å². The summed E-state index contributed by atoms with van der Waals surface area (Å²) in [6, 6.07) is 6.41. The van der Waals surface area contributed by atoms with Crippen LogP contribution < -0.4 is 5.73 Å². The number of hydrogen-bond acceptors (Lipinski definition) is 2. The molecule has 3 nitrogen and oxygen atoms in total. The van der Waals surface area contributed by atoms with Crippen LogP contribution in [-0.4, -0.2) is 16.1 Å². The number of benzene rings is 1. The average molecular weight is 320 g/mol. The summed E-state index contributed by atoms with van der Waals surface area (Å²) in [6.45, 7) is 0.667. The van der Waals surface area contributed by atoms with Gasteiger partial charge in [0.1, 0.15) is 0 Å². The lowest BCUT2D eigenvalue weighted by atomic mass is 10.0. The zero-order valence-corrected chi connectivity index (χ0v) is 12.5. The number of aromatic nitrogens is 2. The molecule has 100 valence electrons. The van der Waals surface area contributed by atoms with Crippen molar-refractivity contribution in [1.82, 2.24) is 9.55 Å². The maximum Gasteiger partial charge on any atom is 0.0997 e. The van der Waals surface area contributed by atoms with Crippen LogP contribution in [0.1, 0.15) is 29.8 Å². The molecule has 0 aliphatic heterocycles. The number of nitrogens with zero attached hydrogens (tertiary/aromatic N) is 2. The molecule has 1 aromatic carbocycles. The molecule has 0 saturated heterocycles. The van der Waals surface area contributed by atoms with Crippen molar-refractivity contribution in [3.63, 3.8) is 0 Å². The van der Waals surface area contributed by atoms with Gasteiger partial charge in [0.2, 0.25) is 0 Å². The lowest BCUT2D eigenvalue weighted by Gasteiger charge is -2.16. The van der Waals surface area contributed by atoms with E-state index in [2.05, 4.69) is 43.7 Å². The Labute approximate surface area is 122 Å². The van der Waals surface area contributed by atoms with Gasteiger partial charge in [-0.25, -0.2) is 4.98 Å². The maximum absolute atomic E-state index is 5.73. The third-order valence-corrected chi connectivity index (χ3v) is 4.24. The van der Waals surface area contributed by atoms with E-state index in [1.165, 1.54) is 35.5 Å². The molecule has 0 spiro atoms. The predicted octanol–water partition coefficient (Wildman–Crippen LogP) is 3.01. The SMILES string of the molecule is NCCc1cc(Br)ccc1-n1cnc2c1CCCC2. The van der Waals surface area contributed by atoms with Crippen molar-refractivity contribution in [3.8, 4) is 5.69 Å². The molecule has 1 aliphatic carbocycles. The third kappa shape index (κ3) is 2.47. The molecule has 4 heteroatoms. The monoisotopic (exact) mass is 319 g/mol. The van der Waals surface area contributed by atoms with Crippen molar-refractivity contribution >= 4 is 15.9 Å². The van der Waals surface area contributed by atoms with Gasteiger partial charge in [-0.2, -0.15) is 0 Å². The van der Waals surface area contributed by atoms with Crippen LogP contribution in [0.25, 0.3) is 5.69 Å². The lowest BCUT2D eigenvalue weighted by Crippen LogP contribution is -2.10. The molecule has 0 saturated carbocycles. The summed E-state index contributed by atoms with van der Waals surface area (Å²) in [4.78, 5) is 4.58. The van der Waals surface area contributed by atoms with E-state index in [0.717, 1.165) is 23.7 Å². The van der Waals surface area contributed by atoms with Gasteiger partial charge in [0.05, 0.1) is 17.7 Å². The van der Waals surface area contributed by atoms with Crippen LogP contribution in [0, 0.1) is 0 Å². The molecule has 2 aromatic rings. The molecular formula is C15H18BrN3. The fourth-order valence-electron chi connectivity index (χ4n) is 2.82. The molecule has 0 unspecified atom stereocenters. The standard InChI is InChI=1S/C15H18BrN3/c16-12-5-6-14(11(9-12)7-8-17)19-10-18-13-3-1-2-4-15(13)19/h5-6,9-10H,1-4,7-8,17H2. The maximum atomic E-state index is 5.73. The second-order valence-corrected chi connectivity index (χ2v) is 5.94. The van der Waals surface area contributed by atoms with Gasteiger partial charge in [-0.05, 0) is 62.4 Å². The van der Waals surface area contributed by atoms with Crippen LogP contribution in [0.3, 0.4) is 0 Å². The summed E-state index contributed by atoms with van der Waals surface area (Å²) < 4.78 is 3.36. The highest BCUT2D eigenvalue weighted by Gasteiger charge is 2.17. The van der Waals surface area contributed by atoms with E-state index < -0.39 is 0 Å². The summed E-state index contributed by atoms with van der Waals surface area (Å²) >= 11 is 3.54. The molecule has 0 radical (unpaired) electrons. The van der Waals surface area contributed by atoms with Gasteiger partial charge in [0.15, 0.2) is 0 Å². The highest BCUT2D eigenvalue weighted by molar-refractivity contribution is 9.10. The Morgan fingerprint density at radius 2 is 2.11 bits per heavy atom. The zero-order valence-electron chi connectivity index (χ0n) is 10.9. The Morgan fingerprint density at radius 1 is 1.26 bits per heavy atom. The van der Waals surface area contributed by atoms with Crippen molar-refractivity contribution in [2.24, 2.45) is 5.73 Å². The normalized spacial score (nSPS) is 14.4. The Morgan fingerprint density at radius 3 is 2.95 bits per heavy atom. The fraction of sp³-hybridized carbons (Fsp3) is 0.400. The Kier molecular flexibility index (Phi) is 3.71. The van der Waals surface area contributed by atoms with Crippen LogP contribution in [0.5, 0.6) is 0 Å². The molecule has 0 bridgehead atoms. The van der Waals surface area contributed by atoms with E-state index in [1.807, 2.05) is 6.33 Å². The number of fused-ring (bicyclic) bond motifs is 1. The molecule has 0 atom stereocenters. The van der Waals surface area contributed by atoms with Gasteiger partial charge in [0, 0.05) is 10.2 Å². The van der Waals surface area contributed by atoms with E-state index in [0.29, 0.717) is 6.54 Å². The minimum absolute atomic E-state index is 0.667. The second-order valence-electron chi connectivity index (χ2n) is 5.03. The van der Waals surface area contributed by atoms with E-state index in [4.69, 9.17) is 5.73 Å². The first-order valence-electron chi connectivity index (χ1n) is 6.83. The minimum Gasteiger partial charge on any atom is -0.330 e. The number of imidazole rings is 1. The van der Waals surface area contributed by atoms with Crippen molar-refractivity contribution in [2.75, 3.05) is 6.54 Å². The third-order valence-electron chi connectivity index (χ3n) is 3.74. The van der Waals surface area contributed by atoms with Crippen molar-refractivity contribution < 1.29 is 0 Å². The number of aryl methyl sites for hydroxylation is 1. The number of hydrogen-bond donors (Lipinski definition) is 1. The summed E-state index contributed by atoms with van der Waals surface area (Å²) in [5, 5.41) is 0. The second kappa shape index (κ2) is 5.47. The van der Waals surface area contributed by atoms with Crippen LogP contribution in [0.15, 0.2) is 29.0 Å². The molecule has 1 aliphatic rings. The van der Waals surface area contributed by atoms with Gasteiger partial charge in [0.25, 0.3) is 0 Å². The van der Waals surface area contributed by atoms with E-state index in [9.17, 15) is 0 Å². The molecule has 3 rings (SSSR count). The molecular weight excluding hydrogens is 302 g/mol. The fourth-order valence-corrected chi connectivity index (χ4v) is 3.23. The molecule has 2 N–H and O–H groups in total. The Balaban J connectivity index is 2.08. The highest BCUT2D eigenvalue weighted by Crippen LogP contribution is 2.26. The zero-order chi connectivity index (χ0) is 13.2. The molecule has 19 heavy (non-hydrogen) atoms. The molecule has 1 heterocycles. The first-order chi connectivity index (χ1) is 9.29. The molecule has 1 aromatic heterocycles. The van der Waals surface area contributed by atoms with E-state index in [-0.39, 0.29) is 0 Å². The summed E-state index contributed by atoms with van der Waals surface area (Å²) in [6.07, 6.45) is 7.64. The summed E-state index contributed by atoms with van der Waals surface area (Å²) in [7, 11) is 0. The van der Waals surface area contributed by atoms with Crippen LogP contribution in [-0.2, 0) is 19.3 Å². The number of nitrogens with two attached hydrogens (primary N) is 1. The minimum atomic E-state index is 0.667. The smallest absolute Gasteiger partial charge is 0.0997 e. The number of halogens is 1. The van der Waals surface area contributed by atoms with Gasteiger partial charge < -0.3 is 10.3 Å². The average Bonchev–Trinajstić information content (AvgIpc) is 2.83. The first-order valence-corrected chi connectivity index (χ1v) is 7.63. The highest BCUT2D eigenvalue weighted by atomic mass is 79.9. The van der Waals surface area contributed by atoms with E-state index >= 15 is 0 Å². The predicted molar refractivity (Wildman–Crippen MR) is 80.7 cm³/mol. The van der Waals surface area contributed by atoms with E-state index in [1.54, 1.807) is 0 Å². The topological polar surface area (TPSA) is 43.8 Å². The summed E-state index contributed by atoms with van der Waals surface area (Å²) in [5.74, 6) is 0. The van der Waals surface area contributed by atoms with Gasteiger partial charge in [-0.1, -0.05) is 15.9 Å². The molecule has 0 amide bonds. The van der Waals surface area contributed by atoms with Crippen molar-refractivity contribution in [1.29, 1.82) is 0 Å². The van der Waals surface area contributed by atoms with Crippen LogP contribution in [0.2, 0.25) is 0 Å². The Hall–Kier alpha value is -1.13. The van der Waals surface area contributed by atoms with Crippen LogP contribution in [0.4, 0.5) is 0 Å². The number of rotatable bonds is 3. The van der Waals surface area contributed by atoms with Gasteiger partial charge in [-0.15, -0.1) is 0 Å².